The maximum absolute atomic E-state index is 5.48. The fraction of sp³-hybridized carbons (Fsp3) is 1.00. The van der Waals surface area contributed by atoms with Crippen LogP contribution in [0.1, 0.15) is 34.1 Å². The molecule has 0 fully saturated rings. The molecule has 0 spiro atoms. The lowest BCUT2D eigenvalue weighted by molar-refractivity contribution is 0.0722. The Hall–Kier alpha value is -0.120. The summed E-state index contributed by atoms with van der Waals surface area (Å²) >= 11 is 0. The normalized spacial score (nSPS) is 13.4. The number of nitrogens with one attached hydrogen (secondary N) is 1. The smallest absolute Gasteiger partial charge is 0.0671 e. The topological polar surface area (TPSA) is 30.5 Å². The van der Waals surface area contributed by atoms with E-state index in [9.17, 15) is 0 Å². The van der Waals surface area contributed by atoms with Gasteiger partial charge in [-0.05, 0) is 26.2 Å². The van der Waals surface area contributed by atoms with Gasteiger partial charge in [0.2, 0.25) is 0 Å². The molecular formula is C12H27NO2. The zero-order valence-corrected chi connectivity index (χ0v) is 10.7. The van der Waals surface area contributed by atoms with Crippen LogP contribution in [0.15, 0.2) is 0 Å². The van der Waals surface area contributed by atoms with Crippen LogP contribution in [0.4, 0.5) is 0 Å². The van der Waals surface area contributed by atoms with Crippen LogP contribution >= 0.6 is 0 Å². The van der Waals surface area contributed by atoms with Gasteiger partial charge in [-0.2, -0.15) is 0 Å². The van der Waals surface area contributed by atoms with E-state index in [1.54, 1.807) is 0 Å². The van der Waals surface area contributed by atoms with Crippen LogP contribution in [-0.2, 0) is 9.47 Å². The lowest BCUT2D eigenvalue weighted by Crippen LogP contribution is -2.29. The fourth-order valence-electron chi connectivity index (χ4n) is 1.21. The van der Waals surface area contributed by atoms with E-state index in [1.807, 2.05) is 6.92 Å². The Morgan fingerprint density at radius 1 is 1.13 bits per heavy atom. The van der Waals surface area contributed by atoms with Crippen LogP contribution in [0, 0.1) is 5.92 Å². The Morgan fingerprint density at radius 2 is 1.87 bits per heavy atom. The van der Waals surface area contributed by atoms with E-state index in [4.69, 9.17) is 9.47 Å². The summed E-state index contributed by atoms with van der Waals surface area (Å²) in [6.45, 7) is 12.8. The molecule has 0 amide bonds. The molecule has 3 heteroatoms. The second kappa shape index (κ2) is 10.4. The molecule has 0 aliphatic heterocycles. The van der Waals surface area contributed by atoms with Gasteiger partial charge in [0.25, 0.3) is 0 Å². The Morgan fingerprint density at radius 3 is 2.47 bits per heavy atom. The SMILES string of the molecule is CCOC(C)CNCCOCCC(C)C. The van der Waals surface area contributed by atoms with Crippen molar-refractivity contribution in [1.29, 1.82) is 0 Å². The minimum atomic E-state index is 0.297. The summed E-state index contributed by atoms with van der Waals surface area (Å²) in [5.74, 6) is 0.732. The molecule has 1 atom stereocenters. The van der Waals surface area contributed by atoms with Crippen LogP contribution in [0.2, 0.25) is 0 Å². The Balaban J connectivity index is 3.04. The van der Waals surface area contributed by atoms with Gasteiger partial charge in [0.05, 0.1) is 12.7 Å². The van der Waals surface area contributed by atoms with Crippen molar-refractivity contribution in [2.45, 2.75) is 40.2 Å². The molecule has 0 aromatic heterocycles. The predicted octanol–water partition coefficient (Wildman–Crippen LogP) is 2.06. The molecule has 3 nitrogen and oxygen atoms in total. The summed E-state index contributed by atoms with van der Waals surface area (Å²) in [5, 5.41) is 3.31. The first-order chi connectivity index (χ1) is 7.16. The van der Waals surface area contributed by atoms with E-state index in [0.29, 0.717) is 6.10 Å². The third-order valence-corrected chi connectivity index (χ3v) is 2.15. The van der Waals surface area contributed by atoms with Crippen molar-refractivity contribution < 1.29 is 9.47 Å². The van der Waals surface area contributed by atoms with Gasteiger partial charge in [0.15, 0.2) is 0 Å². The van der Waals surface area contributed by atoms with Crippen molar-refractivity contribution >= 4 is 0 Å². The summed E-state index contributed by atoms with van der Waals surface area (Å²) in [7, 11) is 0. The molecule has 0 bridgehead atoms. The van der Waals surface area contributed by atoms with Gasteiger partial charge in [0, 0.05) is 26.3 Å². The van der Waals surface area contributed by atoms with Gasteiger partial charge < -0.3 is 14.8 Å². The number of hydrogen-bond donors (Lipinski definition) is 1. The molecule has 0 aliphatic rings. The standard InChI is InChI=1S/C12H27NO2/c1-5-15-12(4)10-13-7-9-14-8-6-11(2)3/h11-13H,5-10H2,1-4H3. The molecule has 0 rings (SSSR count). The van der Waals surface area contributed by atoms with Crippen molar-refractivity contribution in [3.63, 3.8) is 0 Å². The Kier molecular flexibility index (Phi) is 10.3. The first-order valence-electron chi connectivity index (χ1n) is 6.06. The highest BCUT2D eigenvalue weighted by molar-refractivity contribution is 4.54. The maximum Gasteiger partial charge on any atom is 0.0671 e. The van der Waals surface area contributed by atoms with E-state index in [1.165, 1.54) is 0 Å². The van der Waals surface area contributed by atoms with E-state index >= 15 is 0 Å². The van der Waals surface area contributed by atoms with Gasteiger partial charge in [-0.15, -0.1) is 0 Å². The van der Waals surface area contributed by atoms with E-state index in [-0.39, 0.29) is 0 Å². The molecule has 0 radical (unpaired) electrons. The van der Waals surface area contributed by atoms with Gasteiger partial charge in [-0.1, -0.05) is 13.8 Å². The third kappa shape index (κ3) is 11.8. The Bertz CT molecular complexity index is 129. The van der Waals surface area contributed by atoms with Crippen LogP contribution in [0.25, 0.3) is 0 Å². The second-order valence-corrected chi connectivity index (χ2v) is 4.26. The quantitative estimate of drug-likeness (QED) is 0.568. The fourth-order valence-corrected chi connectivity index (χ4v) is 1.21. The van der Waals surface area contributed by atoms with Crippen LogP contribution in [0.3, 0.4) is 0 Å². The maximum atomic E-state index is 5.48. The largest absolute Gasteiger partial charge is 0.380 e. The summed E-state index contributed by atoms with van der Waals surface area (Å²) in [6, 6.07) is 0. The molecule has 92 valence electrons. The van der Waals surface area contributed by atoms with Crippen molar-refractivity contribution in [2.75, 3.05) is 32.9 Å². The first-order valence-corrected chi connectivity index (χ1v) is 6.06. The van der Waals surface area contributed by atoms with Gasteiger partial charge >= 0.3 is 0 Å². The van der Waals surface area contributed by atoms with Crippen molar-refractivity contribution in [3.8, 4) is 0 Å². The zero-order chi connectivity index (χ0) is 11.5. The monoisotopic (exact) mass is 217 g/mol. The molecule has 15 heavy (non-hydrogen) atoms. The molecule has 0 saturated carbocycles. The highest BCUT2D eigenvalue weighted by Crippen LogP contribution is 1.98. The molecule has 0 aliphatic carbocycles. The van der Waals surface area contributed by atoms with Crippen molar-refractivity contribution in [1.82, 2.24) is 5.32 Å². The lowest BCUT2D eigenvalue weighted by atomic mass is 10.1. The predicted molar refractivity (Wildman–Crippen MR) is 64.2 cm³/mol. The van der Waals surface area contributed by atoms with Crippen LogP contribution in [-0.4, -0.2) is 39.0 Å². The second-order valence-electron chi connectivity index (χ2n) is 4.26. The van der Waals surface area contributed by atoms with Crippen LogP contribution in [0.5, 0.6) is 0 Å². The van der Waals surface area contributed by atoms with E-state index in [2.05, 4.69) is 26.1 Å². The summed E-state index contributed by atoms with van der Waals surface area (Å²) in [5.41, 5.74) is 0. The number of hydrogen-bond acceptors (Lipinski definition) is 3. The van der Waals surface area contributed by atoms with Crippen LogP contribution < -0.4 is 5.32 Å². The van der Waals surface area contributed by atoms with E-state index < -0.39 is 0 Å². The average molecular weight is 217 g/mol. The zero-order valence-electron chi connectivity index (χ0n) is 10.7. The minimum absolute atomic E-state index is 0.297. The van der Waals surface area contributed by atoms with Gasteiger partial charge in [-0.3, -0.25) is 0 Å². The van der Waals surface area contributed by atoms with Crippen molar-refractivity contribution in [2.24, 2.45) is 5.92 Å². The molecular weight excluding hydrogens is 190 g/mol. The molecule has 0 saturated heterocycles. The minimum Gasteiger partial charge on any atom is -0.380 e. The third-order valence-electron chi connectivity index (χ3n) is 2.15. The van der Waals surface area contributed by atoms with Crippen molar-refractivity contribution in [3.05, 3.63) is 0 Å². The molecule has 0 aromatic rings. The summed E-state index contributed by atoms with van der Waals surface area (Å²) < 4.78 is 10.9. The first kappa shape index (κ1) is 14.9. The van der Waals surface area contributed by atoms with E-state index in [0.717, 1.165) is 45.2 Å². The molecule has 1 N–H and O–H groups in total. The lowest BCUT2D eigenvalue weighted by Gasteiger charge is -2.12. The molecule has 0 heterocycles. The van der Waals surface area contributed by atoms with Gasteiger partial charge in [0.1, 0.15) is 0 Å². The molecule has 0 aromatic carbocycles. The average Bonchev–Trinajstić information content (AvgIpc) is 2.16. The highest BCUT2D eigenvalue weighted by Gasteiger charge is 1.99. The Labute approximate surface area is 94.5 Å². The molecule has 1 unspecified atom stereocenters. The number of rotatable bonds is 10. The number of ether oxygens (including phenoxy) is 2. The summed E-state index contributed by atoms with van der Waals surface area (Å²) in [6.07, 6.45) is 1.45. The highest BCUT2D eigenvalue weighted by atomic mass is 16.5. The van der Waals surface area contributed by atoms with Gasteiger partial charge in [-0.25, -0.2) is 0 Å². The summed E-state index contributed by atoms with van der Waals surface area (Å²) in [4.78, 5) is 0.